The fourth-order valence-corrected chi connectivity index (χ4v) is 5.97. The van der Waals surface area contributed by atoms with Gasteiger partial charge in [0.25, 0.3) is 0 Å². The van der Waals surface area contributed by atoms with E-state index >= 15 is 0 Å². The molecule has 9 heteroatoms. The summed E-state index contributed by atoms with van der Waals surface area (Å²) in [6, 6.07) is 14.0. The highest BCUT2D eigenvalue weighted by Gasteiger charge is 2.31. The minimum Gasteiger partial charge on any atom is -0.208 e. The van der Waals surface area contributed by atoms with E-state index in [9.17, 15) is 16.8 Å². The lowest BCUT2D eigenvalue weighted by Gasteiger charge is -2.31. The molecule has 0 bridgehead atoms. The maximum Gasteiger partial charge on any atom is 0.243 e. The first-order valence-corrected chi connectivity index (χ1v) is 11.4. The quantitative estimate of drug-likeness (QED) is 0.814. The zero-order valence-electron chi connectivity index (χ0n) is 13.9. The van der Waals surface area contributed by atoms with Crippen LogP contribution in [-0.2, 0) is 20.0 Å². The average Bonchev–Trinajstić information content (AvgIpc) is 2.63. The van der Waals surface area contributed by atoms with Gasteiger partial charge in [-0.05, 0) is 43.2 Å². The molecule has 0 amide bonds. The standard InChI is InChI=1S/C17H19ClN2O4S2/c18-14-5-4-8-17(13-14)26(23,24)20-11-9-15(10-12-20)19-25(21,22)16-6-2-1-3-7-16/h1-8,13,15,19H,9-12H2. The zero-order valence-corrected chi connectivity index (χ0v) is 16.3. The van der Waals surface area contributed by atoms with Gasteiger partial charge in [-0.1, -0.05) is 35.9 Å². The fourth-order valence-electron chi connectivity index (χ4n) is 2.88. The van der Waals surface area contributed by atoms with E-state index in [4.69, 9.17) is 11.6 Å². The van der Waals surface area contributed by atoms with Gasteiger partial charge in [0.2, 0.25) is 20.0 Å². The number of hydrogen-bond acceptors (Lipinski definition) is 4. The molecule has 0 radical (unpaired) electrons. The Hall–Kier alpha value is -1.45. The molecule has 1 saturated heterocycles. The highest BCUT2D eigenvalue weighted by atomic mass is 35.5. The smallest absolute Gasteiger partial charge is 0.208 e. The Bertz CT molecular complexity index is 971. The van der Waals surface area contributed by atoms with Crippen molar-refractivity contribution in [2.75, 3.05) is 13.1 Å². The SMILES string of the molecule is O=S(=O)(NC1CCN(S(=O)(=O)c2cccc(Cl)c2)CC1)c1ccccc1. The van der Waals surface area contributed by atoms with Crippen molar-refractivity contribution in [2.24, 2.45) is 0 Å². The van der Waals surface area contributed by atoms with Crippen LogP contribution in [0.3, 0.4) is 0 Å². The summed E-state index contributed by atoms with van der Waals surface area (Å²) in [6.45, 7) is 0.494. The van der Waals surface area contributed by atoms with E-state index in [1.54, 1.807) is 30.3 Å². The summed E-state index contributed by atoms with van der Waals surface area (Å²) in [7, 11) is -7.24. The van der Waals surface area contributed by atoms with E-state index < -0.39 is 20.0 Å². The predicted octanol–water partition coefficient (Wildman–Crippen LogP) is 2.47. The van der Waals surface area contributed by atoms with Crippen LogP contribution in [0.1, 0.15) is 12.8 Å². The molecule has 0 unspecified atom stereocenters. The van der Waals surface area contributed by atoms with E-state index in [1.165, 1.54) is 28.6 Å². The summed E-state index contributed by atoms with van der Waals surface area (Å²) in [6.07, 6.45) is 0.817. The molecule has 140 valence electrons. The Morgan fingerprint density at radius 2 is 1.50 bits per heavy atom. The van der Waals surface area contributed by atoms with Gasteiger partial charge in [-0.15, -0.1) is 0 Å². The lowest BCUT2D eigenvalue weighted by atomic mass is 10.1. The number of hydrogen-bond donors (Lipinski definition) is 1. The summed E-state index contributed by atoms with van der Waals surface area (Å²) in [5, 5.41) is 0.358. The molecule has 6 nitrogen and oxygen atoms in total. The van der Waals surface area contributed by atoms with E-state index in [2.05, 4.69) is 4.72 Å². The van der Waals surface area contributed by atoms with Crippen molar-refractivity contribution in [2.45, 2.75) is 28.7 Å². The van der Waals surface area contributed by atoms with Gasteiger partial charge in [0.15, 0.2) is 0 Å². The molecule has 1 aliphatic heterocycles. The summed E-state index contributed by atoms with van der Waals surface area (Å²) in [4.78, 5) is 0.349. The van der Waals surface area contributed by atoms with Gasteiger partial charge in [-0.2, -0.15) is 4.31 Å². The normalized spacial score (nSPS) is 17.3. The van der Waals surface area contributed by atoms with Gasteiger partial charge in [0, 0.05) is 24.2 Å². The molecule has 1 heterocycles. The van der Waals surface area contributed by atoms with Gasteiger partial charge in [-0.25, -0.2) is 21.6 Å². The van der Waals surface area contributed by atoms with Crippen LogP contribution in [0.25, 0.3) is 0 Å². The lowest BCUT2D eigenvalue weighted by molar-refractivity contribution is 0.308. The molecular weight excluding hydrogens is 396 g/mol. The summed E-state index contributed by atoms with van der Waals surface area (Å²) >= 11 is 5.88. The number of nitrogens with zero attached hydrogens (tertiary/aromatic N) is 1. The molecule has 0 aliphatic carbocycles. The van der Waals surface area contributed by atoms with Crippen molar-refractivity contribution in [1.82, 2.24) is 9.03 Å². The molecule has 3 rings (SSSR count). The molecule has 0 saturated carbocycles. The van der Waals surface area contributed by atoms with Crippen LogP contribution in [0.2, 0.25) is 5.02 Å². The molecule has 26 heavy (non-hydrogen) atoms. The minimum atomic E-state index is -3.63. The number of halogens is 1. The number of nitrogens with one attached hydrogen (secondary N) is 1. The van der Waals surface area contributed by atoms with Crippen LogP contribution in [0.5, 0.6) is 0 Å². The van der Waals surface area contributed by atoms with Crippen LogP contribution in [0.4, 0.5) is 0 Å². The molecule has 0 aromatic heterocycles. The average molecular weight is 415 g/mol. The second kappa shape index (κ2) is 7.66. The van der Waals surface area contributed by atoms with E-state index in [0.29, 0.717) is 17.9 Å². The largest absolute Gasteiger partial charge is 0.243 e. The van der Waals surface area contributed by atoms with Gasteiger partial charge < -0.3 is 0 Å². The summed E-state index contributed by atoms with van der Waals surface area (Å²) in [5.41, 5.74) is 0. The summed E-state index contributed by atoms with van der Waals surface area (Å²) < 4.78 is 54.2. The first-order chi connectivity index (χ1) is 12.3. The van der Waals surface area contributed by atoms with Crippen molar-refractivity contribution in [1.29, 1.82) is 0 Å². The molecule has 0 spiro atoms. The first-order valence-electron chi connectivity index (χ1n) is 8.12. The Morgan fingerprint density at radius 3 is 2.12 bits per heavy atom. The molecule has 2 aromatic carbocycles. The molecule has 1 aliphatic rings. The second-order valence-electron chi connectivity index (χ2n) is 6.07. The minimum absolute atomic E-state index is 0.147. The highest BCUT2D eigenvalue weighted by molar-refractivity contribution is 7.89. The number of rotatable bonds is 5. The third kappa shape index (κ3) is 4.27. The van der Waals surface area contributed by atoms with E-state index in [1.807, 2.05) is 0 Å². The van der Waals surface area contributed by atoms with Gasteiger partial charge in [0.1, 0.15) is 0 Å². The fraction of sp³-hybridized carbons (Fsp3) is 0.294. The Labute approximate surface area is 158 Å². The van der Waals surface area contributed by atoms with E-state index in [0.717, 1.165) is 0 Å². The third-order valence-corrected chi connectivity index (χ3v) is 7.93. The van der Waals surface area contributed by atoms with E-state index in [-0.39, 0.29) is 28.9 Å². The van der Waals surface area contributed by atoms with Crippen LogP contribution in [0, 0.1) is 0 Å². The van der Waals surface area contributed by atoms with Crippen LogP contribution >= 0.6 is 11.6 Å². The Balaban J connectivity index is 1.66. The number of benzene rings is 2. The molecule has 0 atom stereocenters. The molecular formula is C17H19ClN2O4S2. The van der Waals surface area contributed by atoms with Crippen molar-refractivity contribution in [3.63, 3.8) is 0 Å². The maximum atomic E-state index is 12.7. The Kier molecular flexibility index (Phi) is 5.69. The van der Waals surface area contributed by atoms with Crippen LogP contribution < -0.4 is 4.72 Å². The van der Waals surface area contributed by atoms with Gasteiger partial charge in [0.05, 0.1) is 9.79 Å². The highest BCUT2D eigenvalue weighted by Crippen LogP contribution is 2.23. The molecule has 1 N–H and O–H groups in total. The van der Waals surface area contributed by atoms with Gasteiger partial charge in [-0.3, -0.25) is 0 Å². The monoisotopic (exact) mass is 414 g/mol. The topological polar surface area (TPSA) is 83.6 Å². The maximum absolute atomic E-state index is 12.7. The van der Waals surface area contributed by atoms with Crippen molar-refractivity contribution >= 4 is 31.6 Å². The van der Waals surface area contributed by atoms with Crippen LogP contribution in [-0.4, -0.2) is 40.3 Å². The van der Waals surface area contributed by atoms with Gasteiger partial charge >= 0.3 is 0 Å². The Morgan fingerprint density at radius 1 is 0.885 bits per heavy atom. The molecule has 1 fully saturated rings. The third-order valence-electron chi connectivity index (χ3n) is 4.26. The summed E-state index contributed by atoms with van der Waals surface area (Å²) in [5.74, 6) is 0. The van der Waals surface area contributed by atoms with Crippen molar-refractivity contribution < 1.29 is 16.8 Å². The molecule has 2 aromatic rings. The van der Waals surface area contributed by atoms with Crippen LogP contribution in [0.15, 0.2) is 64.4 Å². The second-order valence-corrected chi connectivity index (χ2v) is 10.2. The predicted molar refractivity (Wildman–Crippen MR) is 100.0 cm³/mol. The van der Waals surface area contributed by atoms with Crippen molar-refractivity contribution in [3.8, 4) is 0 Å². The zero-order chi connectivity index (χ0) is 18.8. The number of piperidine rings is 1. The number of sulfonamides is 2. The first kappa shape index (κ1) is 19.3. The van der Waals surface area contributed by atoms with Crippen molar-refractivity contribution in [3.05, 3.63) is 59.6 Å². The lowest BCUT2D eigenvalue weighted by Crippen LogP contribution is -2.46.